The summed E-state index contributed by atoms with van der Waals surface area (Å²) in [6.07, 6.45) is 1.14. The first-order chi connectivity index (χ1) is 10.2. The fourth-order valence-electron chi connectivity index (χ4n) is 3.78. The van der Waals surface area contributed by atoms with Crippen LogP contribution in [0, 0.1) is 6.92 Å². The van der Waals surface area contributed by atoms with Gasteiger partial charge in [0.2, 0.25) is 0 Å². The first-order valence-electron chi connectivity index (χ1n) is 7.68. The summed E-state index contributed by atoms with van der Waals surface area (Å²) >= 11 is 0. The smallest absolute Gasteiger partial charge is 0.0705 e. The summed E-state index contributed by atoms with van der Waals surface area (Å²) < 4.78 is 0. The zero-order valence-corrected chi connectivity index (χ0v) is 12.5. The van der Waals surface area contributed by atoms with Crippen LogP contribution in [0.1, 0.15) is 41.1 Å². The van der Waals surface area contributed by atoms with Crippen molar-refractivity contribution in [2.24, 2.45) is 0 Å². The molecule has 21 heavy (non-hydrogen) atoms. The van der Waals surface area contributed by atoms with Crippen molar-refractivity contribution in [2.45, 2.75) is 32.1 Å². The molecule has 1 aliphatic rings. The minimum atomic E-state index is 0.555. The fourth-order valence-corrected chi connectivity index (χ4v) is 3.78. The first kappa shape index (κ1) is 12.6. The molecule has 2 aromatic carbocycles. The Labute approximate surface area is 125 Å². The number of benzene rings is 2. The highest BCUT2D eigenvalue weighted by atomic mass is 14.7. The van der Waals surface area contributed by atoms with Gasteiger partial charge in [0.15, 0.2) is 0 Å². The van der Waals surface area contributed by atoms with Crippen LogP contribution in [-0.4, -0.2) is 4.98 Å². The molecule has 2 atom stereocenters. The molecule has 1 aromatic heterocycles. The number of aryl methyl sites for hydroxylation is 1. The molecule has 0 saturated heterocycles. The lowest BCUT2D eigenvalue weighted by Gasteiger charge is -2.19. The SMILES string of the molecule is Cc1nc2ccccc2cc1C1Cc2ccccc2C1C. The summed E-state index contributed by atoms with van der Waals surface area (Å²) in [4.78, 5) is 4.82. The molecule has 0 saturated carbocycles. The molecule has 3 aromatic rings. The minimum Gasteiger partial charge on any atom is -0.253 e. The number of rotatable bonds is 1. The average molecular weight is 273 g/mol. The van der Waals surface area contributed by atoms with Gasteiger partial charge in [0, 0.05) is 11.1 Å². The van der Waals surface area contributed by atoms with E-state index in [4.69, 9.17) is 4.98 Å². The van der Waals surface area contributed by atoms with Gasteiger partial charge in [-0.3, -0.25) is 4.98 Å². The van der Waals surface area contributed by atoms with E-state index in [1.165, 1.54) is 27.8 Å². The Morgan fingerprint density at radius 2 is 1.71 bits per heavy atom. The van der Waals surface area contributed by atoms with Crippen LogP contribution in [0.15, 0.2) is 54.6 Å². The van der Waals surface area contributed by atoms with Crippen LogP contribution in [-0.2, 0) is 6.42 Å². The van der Waals surface area contributed by atoms with Crippen LogP contribution in [0.5, 0.6) is 0 Å². The molecule has 0 spiro atoms. The topological polar surface area (TPSA) is 12.9 Å². The molecule has 2 unspecified atom stereocenters. The minimum absolute atomic E-state index is 0.555. The van der Waals surface area contributed by atoms with Gasteiger partial charge in [0.1, 0.15) is 0 Å². The van der Waals surface area contributed by atoms with Gasteiger partial charge < -0.3 is 0 Å². The van der Waals surface area contributed by atoms with E-state index in [1.54, 1.807) is 0 Å². The van der Waals surface area contributed by atoms with Gasteiger partial charge in [-0.25, -0.2) is 0 Å². The van der Waals surface area contributed by atoms with Crippen LogP contribution in [0.3, 0.4) is 0 Å². The molecule has 104 valence electrons. The first-order valence-corrected chi connectivity index (χ1v) is 7.68. The predicted molar refractivity (Wildman–Crippen MR) is 87.8 cm³/mol. The maximum Gasteiger partial charge on any atom is 0.0705 e. The zero-order valence-electron chi connectivity index (χ0n) is 12.5. The maximum atomic E-state index is 4.82. The van der Waals surface area contributed by atoms with Crippen LogP contribution in [0.25, 0.3) is 10.9 Å². The zero-order chi connectivity index (χ0) is 14.4. The molecule has 4 rings (SSSR count). The van der Waals surface area contributed by atoms with Crippen molar-refractivity contribution in [3.05, 3.63) is 77.0 Å². The van der Waals surface area contributed by atoms with E-state index in [2.05, 4.69) is 68.4 Å². The molecule has 1 heterocycles. The highest BCUT2D eigenvalue weighted by Gasteiger charge is 2.31. The average Bonchev–Trinajstić information content (AvgIpc) is 2.84. The second-order valence-electron chi connectivity index (χ2n) is 6.15. The van der Waals surface area contributed by atoms with Gasteiger partial charge in [-0.15, -0.1) is 0 Å². The van der Waals surface area contributed by atoms with Crippen molar-refractivity contribution in [2.75, 3.05) is 0 Å². The molecule has 0 amide bonds. The summed E-state index contributed by atoms with van der Waals surface area (Å²) in [5, 5.41) is 1.25. The largest absolute Gasteiger partial charge is 0.253 e. The van der Waals surface area contributed by atoms with Gasteiger partial charge >= 0.3 is 0 Å². The summed E-state index contributed by atoms with van der Waals surface area (Å²) in [6, 6.07) is 19.6. The summed E-state index contributed by atoms with van der Waals surface area (Å²) in [7, 11) is 0. The van der Waals surface area contributed by atoms with Crippen LogP contribution in [0.2, 0.25) is 0 Å². The molecule has 0 radical (unpaired) electrons. The summed E-state index contributed by atoms with van der Waals surface area (Å²) in [5.74, 6) is 1.13. The molecule has 1 heteroatoms. The Morgan fingerprint density at radius 3 is 2.57 bits per heavy atom. The lowest BCUT2D eigenvalue weighted by atomic mass is 9.86. The van der Waals surface area contributed by atoms with Gasteiger partial charge in [-0.05, 0) is 54.0 Å². The van der Waals surface area contributed by atoms with Gasteiger partial charge in [0.05, 0.1) is 5.52 Å². The number of hydrogen-bond donors (Lipinski definition) is 0. The van der Waals surface area contributed by atoms with Crippen LogP contribution >= 0.6 is 0 Å². The summed E-state index contributed by atoms with van der Waals surface area (Å²) in [6.45, 7) is 4.50. The van der Waals surface area contributed by atoms with Crippen LogP contribution in [0.4, 0.5) is 0 Å². The highest BCUT2D eigenvalue weighted by molar-refractivity contribution is 5.79. The third-order valence-electron chi connectivity index (χ3n) is 4.94. The fraction of sp³-hybridized carbons (Fsp3) is 0.250. The third-order valence-corrected chi connectivity index (χ3v) is 4.94. The second kappa shape index (κ2) is 4.70. The van der Waals surface area contributed by atoms with Crippen molar-refractivity contribution in [1.29, 1.82) is 0 Å². The predicted octanol–water partition coefficient (Wildman–Crippen LogP) is 4.99. The molecule has 0 bridgehead atoms. The van der Waals surface area contributed by atoms with Gasteiger partial charge in [-0.1, -0.05) is 49.4 Å². The van der Waals surface area contributed by atoms with Crippen molar-refractivity contribution in [1.82, 2.24) is 4.98 Å². The van der Waals surface area contributed by atoms with E-state index in [0.29, 0.717) is 11.8 Å². The number of pyridine rings is 1. The number of nitrogens with zero attached hydrogens (tertiary/aromatic N) is 1. The molecule has 0 aliphatic heterocycles. The maximum absolute atomic E-state index is 4.82. The van der Waals surface area contributed by atoms with E-state index in [9.17, 15) is 0 Å². The molecule has 0 fully saturated rings. The van der Waals surface area contributed by atoms with Crippen molar-refractivity contribution < 1.29 is 0 Å². The Kier molecular flexibility index (Phi) is 2.81. The molecular weight excluding hydrogens is 254 g/mol. The standard InChI is InChI=1S/C20H19N/c1-13-17-9-5-3-7-15(17)11-18(13)19-12-16-8-4-6-10-20(16)21-14(19)2/h3-10,12-13,18H,11H2,1-2H3. The quantitative estimate of drug-likeness (QED) is 0.609. The summed E-state index contributed by atoms with van der Waals surface area (Å²) in [5.41, 5.74) is 6.70. The normalized spacial score (nSPS) is 20.7. The van der Waals surface area contributed by atoms with Gasteiger partial charge in [0.25, 0.3) is 0 Å². The van der Waals surface area contributed by atoms with Crippen LogP contribution < -0.4 is 0 Å². The number of para-hydroxylation sites is 1. The molecule has 0 N–H and O–H groups in total. The van der Waals surface area contributed by atoms with Crippen molar-refractivity contribution in [3.63, 3.8) is 0 Å². The lowest BCUT2D eigenvalue weighted by Crippen LogP contribution is -2.06. The van der Waals surface area contributed by atoms with Gasteiger partial charge in [-0.2, -0.15) is 0 Å². The Balaban J connectivity index is 1.83. The lowest BCUT2D eigenvalue weighted by molar-refractivity contribution is 0.621. The number of aromatic nitrogens is 1. The third kappa shape index (κ3) is 1.96. The van der Waals surface area contributed by atoms with E-state index in [0.717, 1.165) is 11.9 Å². The molecule has 1 nitrogen and oxygen atoms in total. The number of hydrogen-bond acceptors (Lipinski definition) is 1. The Bertz CT molecular complexity index is 819. The Morgan fingerprint density at radius 1 is 0.952 bits per heavy atom. The number of fused-ring (bicyclic) bond motifs is 2. The molecular formula is C20H19N. The van der Waals surface area contributed by atoms with Crippen molar-refractivity contribution >= 4 is 10.9 Å². The van der Waals surface area contributed by atoms with E-state index >= 15 is 0 Å². The monoisotopic (exact) mass is 273 g/mol. The van der Waals surface area contributed by atoms with E-state index in [-0.39, 0.29) is 0 Å². The van der Waals surface area contributed by atoms with Crippen molar-refractivity contribution in [3.8, 4) is 0 Å². The second-order valence-corrected chi connectivity index (χ2v) is 6.15. The molecule has 1 aliphatic carbocycles. The van der Waals surface area contributed by atoms with E-state index < -0.39 is 0 Å². The highest BCUT2D eigenvalue weighted by Crippen LogP contribution is 2.44. The Hall–Kier alpha value is -2.15. The van der Waals surface area contributed by atoms with E-state index in [1.807, 2.05) is 0 Å².